The highest BCUT2D eigenvalue weighted by Crippen LogP contribution is 2.44. The number of benzene rings is 7. The van der Waals surface area contributed by atoms with Crippen molar-refractivity contribution < 1.29 is 0 Å². The van der Waals surface area contributed by atoms with Gasteiger partial charge in [0.1, 0.15) is 6.07 Å². The van der Waals surface area contributed by atoms with E-state index in [-0.39, 0.29) is 0 Å². The second kappa shape index (κ2) is 10.4. The van der Waals surface area contributed by atoms with Crippen molar-refractivity contribution in [3.05, 3.63) is 169 Å². The Balaban J connectivity index is 1.39. The van der Waals surface area contributed by atoms with Gasteiger partial charge in [0.05, 0.1) is 33.3 Å². The monoisotopic (exact) mass is 585 g/mol. The Labute approximate surface area is 266 Å². The molecule has 0 aliphatic heterocycles. The molecule has 2 heterocycles. The minimum Gasteiger partial charge on any atom is -0.309 e. The minimum atomic E-state index is 0.635. The fraction of sp³-hybridized carbons (Fsp3) is 0. The zero-order valence-electron chi connectivity index (χ0n) is 24.9. The van der Waals surface area contributed by atoms with E-state index >= 15 is 0 Å². The first-order valence-electron chi connectivity index (χ1n) is 15.5. The Morgan fingerprint density at radius 3 is 1.48 bits per heavy atom. The van der Waals surface area contributed by atoms with Gasteiger partial charge in [-0.1, -0.05) is 127 Å². The van der Waals surface area contributed by atoms with Gasteiger partial charge >= 0.3 is 0 Å². The van der Waals surface area contributed by atoms with Crippen LogP contribution >= 0.6 is 0 Å². The molecule has 9 rings (SSSR count). The summed E-state index contributed by atoms with van der Waals surface area (Å²) in [7, 11) is 0. The van der Waals surface area contributed by atoms with E-state index in [0.717, 1.165) is 50.2 Å². The van der Waals surface area contributed by atoms with Gasteiger partial charge in [0.25, 0.3) is 0 Å². The summed E-state index contributed by atoms with van der Waals surface area (Å²) in [5.41, 5.74) is 11.5. The van der Waals surface area contributed by atoms with Crippen LogP contribution in [0.2, 0.25) is 0 Å². The van der Waals surface area contributed by atoms with Crippen LogP contribution in [-0.4, -0.2) is 9.13 Å². The Kier molecular flexibility index (Phi) is 5.88. The first-order valence-corrected chi connectivity index (χ1v) is 15.5. The molecule has 0 atom stereocenters. The summed E-state index contributed by atoms with van der Waals surface area (Å²) in [5, 5.41) is 15.3. The van der Waals surface area contributed by atoms with E-state index in [2.05, 4.69) is 167 Å². The van der Waals surface area contributed by atoms with E-state index in [4.69, 9.17) is 0 Å². The van der Waals surface area contributed by atoms with Crippen molar-refractivity contribution in [2.75, 3.05) is 0 Å². The lowest BCUT2D eigenvalue weighted by Gasteiger charge is -2.19. The minimum absolute atomic E-state index is 0.635. The standard InChI is InChI=1S/C43H27N3/c44-28-29-14-12-22-36(42(29)46-40-26-10-6-19-33(40)34-20-7-11-27-41(34)46)31-17-4-5-18-32(31)37-23-13-24-38-35-21-8-9-25-39(35)45(43(37)38)30-15-2-1-3-16-30/h1-27H. The summed E-state index contributed by atoms with van der Waals surface area (Å²) >= 11 is 0. The number of hydrogen-bond donors (Lipinski definition) is 0. The second-order valence-corrected chi connectivity index (χ2v) is 11.6. The third kappa shape index (κ3) is 3.78. The van der Waals surface area contributed by atoms with Gasteiger partial charge in [-0.2, -0.15) is 5.26 Å². The molecular weight excluding hydrogens is 558 g/mol. The summed E-state index contributed by atoms with van der Waals surface area (Å²) in [5.74, 6) is 0. The number of nitrogens with zero attached hydrogens (tertiary/aromatic N) is 3. The van der Waals surface area contributed by atoms with E-state index in [0.29, 0.717) is 5.56 Å². The average Bonchev–Trinajstić information content (AvgIpc) is 3.65. The topological polar surface area (TPSA) is 33.6 Å². The van der Waals surface area contributed by atoms with Crippen molar-refractivity contribution >= 4 is 43.6 Å². The van der Waals surface area contributed by atoms with Crippen LogP contribution in [0.15, 0.2) is 164 Å². The summed E-state index contributed by atoms with van der Waals surface area (Å²) in [6, 6.07) is 60.0. The number of aromatic nitrogens is 2. The maximum atomic E-state index is 10.5. The van der Waals surface area contributed by atoms with Crippen molar-refractivity contribution in [3.8, 4) is 39.7 Å². The third-order valence-electron chi connectivity index (χ3n) is 9.18. The highest BCUT2D eigenvalue weighted by atomic mass is 15.0. The largest absolute Gasteiger partial charge is 0.309 e. The van der Waals surface area contributed by atoms with Gasteiger partial charge in [0.2, 0.25) is 0 Å². The van der Waals surface area contributed by atoms with Gasteiger partial charge < -0.3 is 9.13 Å². The molecule has 9 aromatic rings. The van der Waals surface area contributed by atoms with Crippen molar-refractivity contribution in [3.63, 3.8) is 0 Å². The molecule has 0 aliphatic carbocycles. The molecule has 0 fully saturated rings. The summed E-state index contributed by atoms with van der Waals surface area (Å²) in [6.45, 7) is 0. The molecule has 0 amide bonds. The van der Waals surface area contributed by atoms with Crippen LogP contribution in [0.1, 0.15) is 5.56 Å². The van der Waals surface area contributed by atoms with Crippen molar-refractivity contribution in [2.24, 2.45) is 0 Å². The number of para-hydroxylation sites is 6. The summed E-state index contributed by atoms with van der Waals surface area (Å²) < 4.78 is 4.66. The van der Waals surface area contributed by atoms with E-state index in [9.17, 15) is 5.26 Å². The molecule has 0 aliphatic rings. The van der Waals surface area contributed by atoms with Crippen LogP contribution in [0.5, 0.6) is 0 Å². The third-order valence-corrected chi connectivity index (χ3v) is 9.18. The van der Waals surface area contributed by atoms with E-state index in [1.54, 1.807) is 0 Å². The number of fused-ring (bicyclic) bond motifs is 6. The van der Waals surface area contributed by atoms with E-state index < -0.39 is 0 Å². The Morgan fingerprint density at radius 1 is 0.370 bits per heavy atom. The van der Waals surface area contributed by atoms with Gasteiger partial charge in [0, 0.05) is 38.4 Å². The Hall–Kier alpha value is -6.37. The lowest BCUT2D eigenvalue weighted by molar-refractivity contribution is 1.17. The second-order valence-electron chi connectivity index (χ2n) is 11.6. The van der Waals surface area contributed by atoms with E-state index in [1.165, 1.54) is 27.1 Å². The normalized spacial score (nSPS) is 11.5. The molecule has 2 aromatic heterocycles. The fourth-order valence-corrected chi connectivity index (χ4v) is 7.29. The van der Waals surface area contributed by atoms with Crippen LogP contribution in [0.25, 0.3) is 77.2 Å². The molecule has 0 radical (unpaired) electrons. The summed E-state index contributed by atoms with van der Waals surface area (Å²) in [6.07, 6.45) is 0. The molecule has 46 heavy (non-hydrogen) atoms. The van der Waals surface area contributed by atoms with Gasteiger partial charge in [-0.3, -0.25) is 0 Å². The molecule has 3 nitrogen and oxygen atoms in total. The van der Waals surface area contributed by atoms with Crippen LogP contribution in [0.3, 0.4) is 0 Å². The molecule has 214 valence electrons. The van der Waals surface area contributed by atoms with E-state index in [1.807, 2.05) is 12.1 Å². The highest BCUT2D eigenvalue weighted by molar-refractivity contribution is 6.15. The van der Waals surface area contributed by atoms with Crippen molar-refractivity contribution in [2.45, 2.75) is 0 Å². The van der Waals surface area contributed by atoms with Gasteiger partial charge in [-0.05, 0) is 47.5 Å². The van der Waals surface area contributed by atoms with Crippen molar-refractivity contribution in [1.82, 2.24) is 9.13 Å². The zero-order valence-corrected chi connectivity index (χ0v) is 24.9. The molecule has 0 spiro atoms. The van der Waals surface area contributed by atoms with Gasteiger partial charge in [-0.25, -0.2) is 0 Å². The SMILES string of the molecule is N#Cc1cccc(-c2ccccc2-c2cccc3c4ccccc4n(-c4ccccc4)c23)c1-n1c2ccccc2c2ccccc21. The number of rotatable bonds is 4. The molecule has 0 N–H and O–H groups in total. The first kappa shape index (κ1) is 26.1. The first-order chi connectivity index (χ1) is 22.8. The molecule has 0 bridgehead atoms. The van der Waals surface area contributed by atoms with Gasteiger partial charge in [0.15, 0.2) is 0 Å². The maximum absolute atomic E-state index is 10.5. The van der Waals surface area contributed by atoms with Crippen LogP contribution in [0, 0.1) is 11.3 Å². The number of hydrogen-bond acceptors (Lipinski definition) is 1. The van der Waals surface area contributed by atoms with Crippen molar-refractivity contribution in [1.29, 1.82) is 5.26 Å². The highest BCUT2D eigenvalue weighted by Gasteiger charge is 2.22. The van der Waals surface area contributed by atoms with Crippen LogP contribution < -0.4 is 0 Å². The lowest BCUT2D eigenvalue weighted by atomic mass is 9.91. The molecular formula is C43H27N3. The predicted molar refractivity (Wildman–Crippen MR) is 191 cm³/mol. The Morgan fingerprint density at radius 2 is 0.826 bits per heavy atom. The molecule has 0 saturated carbocycles. The van der Waals surface area contributed by atoms with Crippen LogP contribution in [-0.2, 0) is 0 Å². The quantitative estimate of drug-likeness (QED) is 0.202. The fourth-order valence-electron chi connectivity index (χ4n) is 7.29. The summed E-state index contributed by atoms with van der Waals surface area (Å²) in [4.78, 5) is 0. The predicted octanol–water partition coefficient (Wildman–Crippen LogP) is 11.1. The number of nitriles is 1. The Bertz CT molecular complexity index is 2600. The average molecular weight is 586 g/mol. The molecule has 3 heteroatoms. The smallest absolute Gasteiger partial charge is 0.101 e. The molecule has 0 unspecified atom stereocenters. The maximum Gasteiger partial charge on any atom is 0.101 e. The lowest BCUT2D eigenvalue weighted by Crippen LogP contribution is -2.02. The van der Waals surface area contributed by atoms with Crippen LogP contribution in [0.4, 0.5) is 0 Å². The molecule has 7 aromatic carbocycles. The van der Waals surface area contributed by atoms with Gasteiger partial charge in [-0.15, -0.1) is 0 Å². The molecule has 0 saturated heterocycles. The zero-order chi connectivity index (χ0) is 30.6.